The van der Waals surface area contributed by atoms with E-state index in [2.05, 4.69) is 98.9 Å². The summed E-state index contributed by atoms with van der Waals surface area (Å²) in [6.45, 7) is 4.79. The number of carbonyl (C=O) groups excluding carboxylic acids is 2. The van der Waals surface area contributed by atoms with Crippen LogP contribution in [0.5, 0.6) is 0 Å². The summed E-state index contributed by atoms with van der Waals surface area (Å²) in [5.74, 6) is -2.00. The summed E-state index contributed by atoms with van der Waals surface area (Å²) in [5, 5.41) is 9.72. The molecule has 0 aliphatic carbocycles. The SMILES string of the molecule is CC/C=C\C/C=C\C/C=C\C/C=C\C/C=C\C/C=C\C/C=C\CCCCCCCCCCCCCC(=O)OC(COC(=O)CCCCCCCCCCCCCCCCCCCCC)COC(OCC[N+](C)(C)C)C(=O)O. The number of hydrogen-bond donors (Lipinski definition) is 1. The third kappa shape index (κ3) is 60.0. The predicted octanol–water partition coefficient (Wildman–Crippen LogP) is 19.1. The molecule has 9 nitrogen and oxygen atoms in total. The maximum atomic E-state index is 12.9. The maximum Gasteiger partial charge on any atom is 0.361 e. The number of esters is 2. The number of likely N-dealkylation sites (N-methyl/N-ethyl adjacent to an activating group) is 1. The lowest BCUT2D eigenvalue weighted by Crippen LogP contribution is -2.40. The molecule has 1 N–H and O–H groups in total. The van der Waals surface area contributed by atoms with Crippen molar-refractivity contribution in [2.45, 2.75) is 283 Å². The van der Waals surface area contributed by atoms with Crippen molar-refractivity contribution in [1.82, 2.24) is 0 Å². The molecule has 0 amide bonds. The summed E-state index contributed by atoms with van der Waals surface area (Å²) in [4.78, 5) is 37.5. The van der Waals surface area contributed by atoms with E-state index in [0.717, 1.165) is 89.9 Å². The van der Waals surface area contributed by atoms with E-state index in [4.69, 9.17) is 18.9 Å². The zero-order chi connectivity index (χ0) is 56.2. The van der Waals surface area contributed by atoms with Crippen molar-refractivity contribution in [3.05, 3.63) is 85.1 Å². The highest BCUT2D eigenvalue weighted by atomic mass is 16.7. The minimum Gasteiger partial charge on any atom is -0.477 e. The fourth-order valence-electron chi connectivity index (χ4n) is 8.82. The van der Waals surface area contributed by atoms with Gasteiger partial charge in [-0.05, 0) is 70.6 Å². The number of carboxylic acids is 1. The topological polar surface area (TPSA) is 108 Å². The summed E-state index contributed by atoms with van der Waals surface area (Å²) in [6.07, 6.45) is 75.3. The lowest BCUT2D eigenvalue weighted by atomic mass is 10.0. The summed E-state index contributed by atoms with van der Waals surface area (Å²) in [7, 11) is 5.97. The Kier molecular flexibility index (Phi) is 55.9. The molecule has 0 aromatic carbocycles. The summed E-state index contributed by atoms with van der Waals surface area (Å²) < 4.78 is 22.9. The molecule has 0 rings (SSSR count). The van der Waals surface area contributed by atoms with Crippen LogP contribution in [0.25, 0.3) is 0 Å². The first-order valence-corrected chi connectivity index (χ1v) is 31.8. The zero-order valence-corrected chi connectivity index (χ0v) is 50.6. The number of aliphatic carboxylic acids is 1. The molecule has 444 valence electrons. The second-order valence-corrected chi connectivity index (χ2v) is 22.3. The summed E-state index contributed by atoms with van der Waals surface area (Å²) >= 11 is 0. The van der Waals surface area contributed by atoms with Gasteiger partial charge in [0.1, 0.15) is 13.2 Å². The maximum absolute atomic E-state index is 12.9. The smallest absolute Gasteiger partial charge is 0.361 e. The Labute approximate surface area is 474 Å². The Balaban J connectivity index is 4.17. The van der Waals surface area contributed by atoms with Crippen molar-refractivity contribution < 1.29 is 42.9 Å². The van der Waals surface area contributed by atoms with E-state index in [9.17, 15) is 19.5 Å². The van der Waals surface area contributed by atoms with Crippen LogP contribution < -0.4 is 0 Å². The van der Waals surface area contributed by atoms with E-state index in [1.807, 2.05) is 21.1 Å². The van der Waals surface area contributed by atoms with E-state index < -0.39 is 24.3 Å². The van der Waals surface area contributed by atoms with Gasteiger partial charge in [-0.3, -0.25) is 9.59 Å². The van der Waals surface area contributed by atoms with E-state index in [1.165, 1.54) is 148 Å². The van der Waals surface area contributed by atoms with Crippen LogP contribution in [0.2, 0.25) is 0 Å². The van der Waals surface area contributed by atoms with Crippen LogP contribution in [0.3, 0.4) is 0 Å². The second kappa shape index (κ2) is 58.6. The van der Waals surface area contributed by atoms with Crippen LogP contribution in [0.1, 0.15) is 271 Å². The monoisotopic (exact) mass is 1080 g/mol. The number of ether oxygens (including phenoxy) is 4. The first-order chi connectivity index (χ1) is 37.6. The van der Waals surface area contributed by atoms with Gasteiger partial charge in [0.25, 0.3) is 6.29 Å². The number of unbranched alkanes of at least 4 members (excludes halogenated alkanes) is 29. The number of allylic oxidation sites excluding steroid dienone is 14. The number of quaternary nitrogens is 1. The fourth-order valence-corrected chi connectivity index (χ4v) is 8.82. The van der Waals surface area contributed by atoms with Crippen LogP contribution in [-0.4, -0.2) is 87.4 Å². The Morgan fingerprint density at radius 3 is 1.10 bits per heavy atom. The molecule has 2 unspecified atom stereocenters. The van der Waals surface area contributed by atoms with Gasteiger partial charge >= 0.3 is 17.9 Å². The van der Waals surface area contributed by atoms with Gasteiger partial charge in [-0.15, -0.1) is 0 Å². The van der Waals surface area contributed by atoms with E-state index in [-0.39, 0.29) is 32.2 Å². The summed E-state index contributed by atoms with van der Waals surface area (Å²) in [5.41, 5.74) is 0. The predicted molar refractivity (Wildman–Crippen MR) is 327 cm³/mol. The highest BCUT2D eigenvalue weighted by Gasteiger charge is 2.25. The van der Waals surface area contributed by atoms with Crippen LogP contribution in [0.15, 0.2) is 85.1 Å². The minimum absolute atomic E-state index is 0.183. The van der Waals surface area contributed by atoms with Crippen molar-refractivity contribution in [1.29, 1.82) is 0 Å². The molecule has 0 saturated carbocycles. The van der Waals surface area contributed by atoms with Gasteiger partial charge in [0, 0.05) is 12.8 Å². The molecule has 0 aliphatic rings. The van der Waals surface area contributed by atoms with Crippen LogP contribution in [0, 0.1) is 0 Å². The van der Waals surface area contributed by atoms with Crippen molar-refractivity contribution >= 4 is 17.9 Å². The zero-order valence-electron chi connectivity index (χ0n) is 50.6. The molecule has 0 saturated heterocycles. The third-order valence-corrected chi connectivity index (χ3v) is 13.7. The van der Waals surface area contributed by atoms with Crippen molar-refractivity contribution in [3.63, 3.8) is 0 Å². The molecular formula is C68H120NO8+. The van der Waals surface area contributed by atoms with Crippen molar-refractivity contribution in [2.24, 2.45) is 0 Å². The number of carbonyl (C=O) groups is 3. The van der Waals surface area contributed by atoms with Gasteiger partial charge < -0.3 is 28.5 Å². The molecular weight excluding hydrogens is 959 g/mol. The average Bonchev–Trinajstić information content (AvgIpc) is 3.40. The average molecular weight is 1080 g/mol. The van der Waals surface area contributed by atoms with E-state index >= 15 is 0 Å². The van der Waals surface area contributed by atoms with Gasteiger partial charge in [-0.2, -0.15) is 0 Å². The molecule has 0 radical (unpaired) electrons. The minimum atomic E-state index is -1.51. The van der Waals surface area contributed by atoms with E-state index in [0.29, 0.717) is 23.9 Å². The first kappa shape index (κ1) is 73.5. The molecule has 2 atom stereocenters. The number of carboxylic acid groups (broad SMARTS) is 1. The van der Waals surface area contributed by atoms with Crippen LogP contribution >= 0.6 is 0 Å². The molecule has 0 fully saturated rings. The number of nitrogens with zero attached hydrogens (tertiary/aromatic N) is 1. The molecule has 77 heavy (non-hydrogen) atoms. The first-order valence-electron chi connectivity index (χ1n) is 31.8. The highest BCUT2D eigenvalue weighted by molar-refractivity contribution is 5.71. The van der Waals surface area contributed by atoms with Gasteiger partial charge in [0.15, 0.2) is 6.10 Å². The molecule has 9 heteroatoms. The Morgan fingerprint density at radius 2 is 0.740 bits per heavy atom. The van der Waals surface area contributed by atoms with Crippen LogP contribution in [0.4, 0.5) is 0 Å². The molecule has 0 aliphatic heterocycles. The van der Waals surface area contributed by atoms with E-state index in [1.54, 1.807) is 0 Å². The third-order valence-electron chi connectivity index (χ3n) is 13.7. The van der Waals surface area contributed by atoms with Crippen molar-refractivity contribution in [2.75, 3.05) is 47.5 Å². The lowest BCUT2D eigenvalue weighted by Gasteiger charge is -2.25. The molecule has 0 bridgehead atoms. The Hall–Kier alpha value is -3.53. The standard InChI is InChI=1S/C68H119NO8/c1-6-8-10-12-14-16-18-20-22-24-26-27-28-29-30-31-32-33-34-35-36-37-38-39-41-43-45-47-49-51-53-55-57-59-66(71)77-64(63-76-68(67(72)73)74-61-60-69(3,4)5)62-75-65(70)58-56-54-52-50-48-46-44-42-40-25-23-21-19-17-15-13-11-9-7-2/h8,10,14,16,20,22,26-27,29-30,32-33,35-36,64,68H,6-7,9,11-13,15,17-19,21,23-25,28,31,34,37-63H2,1-5H3/p+1/b10-8-,16-14-,22-20-,27-26-,30-29-,33-32-,36-35-. The van der Waals surface area contributed by atoms with Gasteiger partial charge in [0.2, 0.25) is 0 Å². The number of rotatable bonds is 58. The van der Waals surface area contributed by atoms with Crippen LogP contribution in [-0.2, 0) is 33.3 Å². The Bertz CT molecular complexity index is 1540. The highest BCUT2D eigenvalue weighted by Crippen LogP contribution is 2.17. The second-order valence-electron chi connectivity index (χ2n) is 22.3. The molecule has 0 aromatic rings. The fraction of sp³-hybridized carbons (Fsp3) is 0.750. The number of hydrogen-bond acceptors (Lipinski definition) is 7. The molecule has 0 aromatic heterocycles. The summed E-state index contributed by atoms with van der Waals surface area (Å²) in [6, 6.07) is 0. The van der Waals surface area contributed by atoms with Gasteiger partial charge in [0.05, 0.1) is 34.4 Å². The van der Waals surface area contributed by atoms with Crippen molar-refractivity contribution in [3.8, 4) is 0 Å². The largest absolute Gasteiger partial charge is 0.477 e. The molecule has 0 heterocycles. The molecule has 0 spiro atoms. The Morgan fingerprint density at radius 1 is 0.403 bits per heavy atom. The normalized spacial score (nSPS) is 13.3. The van der Waals surface area contributed by atoms with Gasteiger partial charge in [-0.25, -0.2) is 4.79 Å². The quantitative estimate of drug-likeness (QED) is 0.0211. The van der Waals surface area contributed by atoms with Gasteiger partial charge in [-0.1, -0.05) is 272 Å². The lowest BCUT2D eigenvalue weighted by molar-refractivity contribution is -0.870.